The molecule has 1 amide bonds. The van der Waals surface area contributed by atoms with E-state index in [0.29, 0.717) is 12.2 Å². The number of methoxy groups -OCH3 is 1. The number of rotatable bonds is 3. The lowest BCUT2D eigenvalue weighted by Gasteiger charge is -2.41. The van der Waals surface area contributed by atoms with Gasteiger partial charge < -0.3 is 14.4 Å². The number of piperidine rings is 1. The summed E-state index contributed by atoms with van der Waals surface area (Å²) in [6.45, 7) is 4.32. The molecule has 1 aromatic heterocycles. The maximum absolute atomic E-state index is 13.3. The summed E-state index contributed by atoms with van der Waals surface area (Å²) in [4.78, 5) is 19.2. The molecule has 3 heterocycles. The van der Waals surface area contributed by atoms with Crippen LogP contribution in [0.15, 0.2) is 41.8 Å². The molecule has 0 spiro atoms. The molecule has 1 saturated heterocycles. The van der Waals surface area contributed by atoms with Gasteiger partial charge in [0.15, 0.2) is 0 Å². The Balaban J connectivity index is 1.54. The predicted octanol–water partition coefficient (Wildman–Crippen LogP) is 4.43. The highest BCUT2D eigenvalue weighted by Gasteiger charge is 2.34. The van der Waals surface area contributed by atoms with Crippen LogP contribution in [-0.2, 0) is 11.3 Å². The van der Waals surface area contributed by atoms with Gasteiger partial charge >= 0.3 is 0 Å². The topological polar surface area (TPSA) is 42.0 Å². The van der Waals surface area contributed by atoms with Gasteiger partial charge in [-0.15, -0.1) is 11.3 Å². The molecule has 2 aliphatic rings. The van der Waals surface area contributed by atoms with Crippen molar-refractivity contribution in [3.8, 4) is 5.75 Å². The minimum atomic E-state index is 0.101. The molecule has 0 radical (unpaired) electrons. The number of thiophene rings is 1. The number of ether oxygens (including phenoxy) is 2. The van der Waals surface area contributed by atoms with Crippen LogP contribution in [0.25, 0.3) is 0 Å². The number of benzene rings is 1. The van der Waals surface area contributed by atoms with E-state index >= 15 is 0 Å². The SMILES string of the molecule is CO[C@@H]1CCCN2C(=O)c3cccc(c3)OCCN(Cc3cccs3)CCCC[C@H]12. The number of amides is 1. The summed E-state index contributed by atoms with van der Waals surface area (Å²) in [5.74, 6) is 0.870. The second kappa shape index (κ2) is 10.4. The highest BCUT2D eigenvalue weighted by atomic mass is 32.1. The molecule has 0 N–H and O–H groups in total. The summed E-state index contributed by atoms with van der Waals surface area (Å²) < 4.78 is 11.8. The van der Waals surface area contributed by atoms with Crippen LogP contribution in [0.5, 0.6) is 5.75 Å². The standard InChI is InChI=1S/C24H32N2O3S/c1-28-23-11-5-13-26-22(23)10-2-3-12-25(18-21-9-6-16-30-21)14-15-29-20-8-4-7-19(17-20)24(26)27/h4,6-9,16-17,22-23H,2-3,5,10-15,18H2,1H3/t22-,23-/m1/s1. The zero-order valence-corrected chi connectivity index (χ0v) is 18.6. The molecular formula is C24H32N2O3S. The zero-order chi connectivity index (χ0) is 20.8. The summed E-state index contributed by atoms with van der Waals surface area (Å²) in [7, 11) is 1.78. The molecule has 1 fully saturated rings. The van der Waals surface area contributed by atoms with Gasteiger partial charge in [-0.2, -0.15) is 0 Å². The van der Waals surface area contributed by atoms with Crippen LogP contribution in [0.1, 0.15) is 47.3 Å². The fourth-order valence-corrected chi connectivity index (χ4v) is 5.40. The van der Waals surface area contributed by atoms with Crippen molar-refractivity contribution in [2.75, 3.05) is 33.4 Å². The van der Waals surface area contributed by atoms with Crippen molar-refractivity contribution in [3.63, 3.8) is 0 Å². The second-order valence-corrected chi connectivity index (χ2v) is 9.24. The molecule has 2 atom stereocenters. The second-order valence-electron chi connectivity index (χ2n) is 8.21. The van der Waals surface area contributed by atoms with E-state index in [0.717, 1.165) is 64.0 Å². The largest absolute Gasteiger partial charge is 0.492 e. The Morgan fingerprint density at radius 1 is 1.10 bits per heavy atom. The Labute approximate surface area is 183 Å². The van der Waals surface area contributed by atoms with Gasteiger partial charge in [0.2, 0.25) is 0 Å². The van der Waals surface area contributed by atoms with Crippen LogP contribution in [0.4, 0.5) is 0 Å². The third-order valence-electron chi connectivity index (χ3n) is 6.22. The monoisotopic (exact) mass is 428 g/mol. The van der Waals surface area contributed by atoms with Gasteiger partial charge in [0.05, 0.1) is 12.1 Å². The summed E-state index contributed by atoms with van der Waals surface area (Å²) in [5.41, 5.74) is 0.710. The molecular weight excluding hydrogens is 396 g/mol. The minimum Gasteiger partial charge on any atom is -0.492 e. The van der Waals surface area contributed by atoms with E-state index in [4.69, 9.17) is 9.47 Å². The van der Waals surface area contributed by atoms with Crippen LogP contribution in [0.2, 0.25) is 0 Å². The van der Waals surface area contributed by atoms with Crippen molar-refractivity contribution in [1.82, 2.24) is 9.80 Å². The van der Waals surface area contributed by atoms with Crippen LogP contribution < -0.4 is 4.74 Å². The molecule has 2 aromatic rings. The summed E-state index contributed by atoms with van der Waals surface area (Å²) >= 11 is 1.81. The van der Waals surface area contributed by atoms with E-state index in [1.165, 1.54) is 4.88 Å². The first-order valence-electron chi connectivity index (χ1n) is 11.1. The Kier molecular flexibility index (Phi) is 7.42. The Morgan fingerprint density at radius 2 is 2.03 bits per heavy atom. The summed E-state index contributed by atoms with van der Waals surface area (Å²) in [6, 6.07) is 12.1. The lowest BCUT2D eigenvalue weighted by atomic mass is 9.93. The number of carbonyl (C=O) groups excluding carboxylic acids is 1. The quantitative estimate of drug-likeness (QED) is 0.725. The van der Waals surface area contributed by atoms with E-state index in [9.17, 15) is 4.79 Å². The summed E-state index contributed by atoms with van der Waals surface area (Å²) in [6.07, 6.45) is 5.34. The average molecular weight is 429 g/mol. The van der Waals surface area contributed by atoms with E-state index in [1.807, 2.05) is 40.5 Å². The number of carbonyl (C=O) groups is 1. The molecule has 30 heavy (non-hydrogen) atoms. The molecule has 2 bridgehead atoms. The van der Waals surface area contributed by atoms with Crippen molar-refractivity contribution in [3.05, 3.63) is 52.2 Å². The third kappa shape index (κ3) is 5.23. The lowest BCUT2D eigenvalue weighted by molar-refractivity contribution is -0.0156. The zero-order valence-electron chi connectivity index (χ0n) is 17.8. The van der Waals surface area contributed by atoms with E-state index in [2.05, 4.69) is 22.4 Å². The number of hydrogen-bond donors (Lipinski definition) is 0. The third-order valence-corrected chi connectivity index (χ3v) is 7.08. The number of fused-ring (bicyclic) bond motifs is 3. The molecule has 1 aromatic carbocycles. The average Bonchev–Trinajstić information content (AvgIpc) is 3.28. The highest BCUT2D eigenvalue weighted by Crippen LogP contribution is 2.27. The van der Waals surface area contributed by atoms with E-state index in [-0.39, 0.29) is 18.1 Å². The Hall–Kier alpha value is -1.89. The molecule has 0 aliphatic carbocycles. The number of nitrogens with zero attached hydrogens (tertiary/aromatic N) is 2. The molecule has 2 aliphatic heterocycles. The van der Waals surface area contributed by atoms with Gasteiger partial charge in [-0.25, -0.2) is 0 Å². The smallest absolute Gasteiger partial charge is 0.254 e. The molecule has 0 saturated carbocycles. The van der Waals surface area contributed by atoms with Gasteiger partial charge in [0.25, 0.3) is 5.91 Å². The van der Waals surface area contributed by atoms with Crippen LogP contribution in [0.3, 0.4) is 0 Å². The van der Waals surface area contributed by atoms with Crippen LogP contribution >= 0.6 is 11.3 Å². The molecule has 0 unspecified atom stereocenters. The highest BCUT2D eigenvalue weighted by molar-refractivity contribution is 7.09. The fourth-order valence-electron chi connectivity index (χ4n) is 4.65. The van der Waals surface area contributed by atoms with Gasteiger partial charge in [0, 0.05) is 37.2 Å². The Bertz CT molecular complexity index is 811. The van der Waals surface area contributed by atoms with E-state index in [1.54, 1.807) is 7.11 Å². The van der Waals surface area contributed by atoms with Crippen LogP contribution in [0, 0.1) is 0 Å². The first-order valence-corrected chi connectivity index (χ1v) is 11.9. The van der Waals surface area contributed by atoms with Gasteiger partial charge in [-0.1, -0.05) is 18.6 Å². The van der Waals surface area contributed by atoms with Crippen molar-refractivity contribution < 1.29 is 14.3 Å². The van der Waals surface area contributed by atoms with Crippen molar-refractivity contribution >= 4 is 17.2 Å². The fraction of sp³-hybridized carbons (Fsp3) is 0.542. The Morgan fingerprint density at radius 3 is 2.87 bits per heavy atom. The minimum absolute atomic E-state index is 0.101. The lowest BCUT2D eigenvalue weighted by Crippen LogP contribution is -2.51. The molecule has 5 nitrogen and oxygen atoms in total. The maximum atomic E-state index is 13.3. The normalized spacial score (nSPS) is 24.0. The first-order chi connectivity index (χ1) is 14.7. The van der Waals surface area contributed by atoms with Gasteiger partial charge in [-0.3, -0.25) is 9.69 Å². The van der Waals surface area contributed by atoms with Gasteiger partial charge in [0.1, 0.15) is 12.4 Å². The predicted molar refractivity (Wildman–Crippen MR) is 120 cm³/mol. The van der Waals surface area contributed by atoms with Crippen molar-refractivity contribution in [2.45, 2.75) is 50.8 Å². The summed E-state index contributed by atoms with van der Waals surface area (Å²) in [5, 5.41) is 2.14. The molecule has 6 heteroatoms. The molecule has 4 rings (SSSR count). The van der Waals surface area contributed by atoms with Crippen molar-refractivity contribution in [1.29, 1.82) is 0 Å². The first kappa shape index (κ1) is 21.3. The molecule has 162 valence electrons. The van der Waals surface area contributed by atoms with Crippen molar-refractivity contribution in [2.24, 2.45) is 0 Å². The number of hydrogen-bond acceptors (Lipinski definition) is 5. The van der Waals surface area contributed by atoms with Crippen LogP contribution in [-0.4, -0.2) is 61.2 Å². The maximum Gasteiger partial charge on any atom is 0.254 e. The van der Waals surface area contributed by atoms with E-state index < -0.39 is 0 Å². The van der Waals surface area contributed by atoms with Gasteiger partial charge in [-0.05, 0) is 61.9 Å².